The lowest BCUT2D eigenvalue weighted by Crippen LogP contribution is -2.61. The number of aliphatic hydroxyl groups excluding tert-OH is 1. The summed E-state index contributed by atoms with van der Waals surface area (Å²) < 4.78 is 0. The molecule has 0 aromatic heterocycles. The number of nitrogens with zero attached hydrogens (tertiary/aromatic N) is 2. The van der Waals surface area contributed by atoms with Gasteiger partial charge in [0.05, 0.1) is 25.0 Å². The molecule has 1 aromatic rings. The molecule has 33 N–H and O–H groups in total. The van der Waals surface area contributed by atoms with Gasteiger partial charge in [-0.25, -0.2) is 4.79 Å². The van der Waals surface area contributed by atoms with Crippen LogP contribution in [-0.4, -0.2) is 259 Å². The van der Waals surface area contributed by atoms with E-state index in [0.717, 1.165) is 6.92 Å². The molecule has 14 amide bonds. The van der Waals surface area contributed by atoms with E-state index >= 15 is 0 Å². The van der Waals surface area contributed by atoms with Crippen molar-refractivity contribution in [2.45, 2.75) is 256 Å². The van der Waals surface area contributed by atoms with Crippen LogP contribution in [0.5, 0.6) is 5.75 Å². The number of aromatic hydroxyl groups is 1. The van der Waals surface area contributed by atoms with E-state index in [1.54, 1.807) is 27.7 Å². The molecule has 0 saturated heterocycles. The predicted octanol–water partition coefficient (Wildman–Crippen LogP) is -7.87. The number of benzene rings is 1. The van der Waals surface area contributed by atoms with E-state index in [9.17, 15) is 117 Å². The molecular formula is C72H120N22O24. The first-order valence-corrected chi connectivity index (χ1v) is 38.2. The number of primary amides is 1. The molecule has 46 heteroatoms. The third kappa shape index (κ3) is 41.5. The summed E-state index contributed by atoms with van der Waals surface area (Å²) >= 11 is 0. The van der Waals surface area contributed by atoms with Gasteiger partial charge in [-0.15, -0.1) is 0 Å². The van der Waals surface area contributed by atoms with E-state index in [4.69, 9.17) is 40.1 Å². The van der Waals surface area contributed by atoms with Gasteiger partial charge in [-0.3, -0.25) is 91.5 Å². The third-order valence-electron chi connectivity index (χ3n) is 17.6. The van der Waals surface area contributed by atoms with Gasteiger partial charge in [0.2, 0.25) is 82.7 Å². The summed E-state index contributed by atoms with van der Waals surface area (Å²) in [7, 11) is 0. The van der Waals surface area contributed by atoms with Crippen LogP contribution < -0.4 is 109 Å². The smallest absolute Gasteiger partial charge is 0.326 e. The number of nitrogens with two attached hydrogens (primary N) is 7. The summed E-state index contributed by atoms with van der Waals surface area (Å²) in [6, 6.07) is -17.9. The maximum atomic E-state index is 14.6. The Balaban J connectivity index is 3.64. The summed E-state index contributed by atoms with van der Waals surface area (Å²) in [6.07, 6.45) is -6.73. The molecule has 0 bridgehead atoms. The Labute approximate surface area is 681 Å². The molecule has 0 heterocycles. The molecule has 118 heavy (non-hydrogen) atoms. The Morgan fingerprint density at radius 3 is 1.11 bits per heavy atom. The fourth-order valence-electron chi connectivity index (χ4n) is 11.2. The van der Waals surface area contributed by atoms with Gasteiger partial charge in [-0.1, -0.05) is 60.1 Å². The molecule has 0 aliphatic rings. The maximum absolute atomic E-state index is 14.6. The molecule has 0 spiro atoms. The fraction of sp³-hybridized carbons (Fsp3) is 0.639. The number of hydrogen-bond acceptors (Lipinski definition) is 24. The number of carbonyl (C=O) groups excluding carboxylic acids is 14. The first-order valence-electron chi connectivity index (χ1n) is 38.2. The number of hydrogen-bond donors (Lipinski definition) is 26. The molecule has 662 valence electrons. The van der Waals surface area contributed by atoms with Crippen molar-refractivity contribution in [1.82, 2.24) is 69.1 Å². The van der Waals surface area contributed by atoms with Crippen LogP contribution in [0.2, 0.25) is 0 Å². The molecule has 0 aliphatic heterocycles. The molecular weight excluding hydrogens is 1560 g/mol. The number of carbonyl (C=O) groups is 18. The predicted molar refractivity (Wildman–Crippen MR) is 422 cm³/mol. The highest BCUT2D eigenvalue weighted by molar-refractivity contribution is 6.01. The highest BCUT2D eigenvalue weighted by atomic mass is 16.4. The molecule has 1 aromatic carbocycles. The number of phenols is 1. The zero-order valence-electron chi connectivity index (χ0n) is 67.6. The number of guanidine groups is 2. The Morgan fingerprint density at radius 2 is 0.720 bits per heavy atom. The summed E-state index contributed by atoms with van der Waals surface area (Å²) in [5.74, 6) is -24.0. The lowest BCUT2D eigenvalue weighted by Gasteiger charge is -2.29. The molecule has 0 saturated carbocycles. The van der Waals surface area contributed by atoms with Crippen LogP contribution >= 0.6 is 0 Å². The summed E-state index contributed by atoms with van der Waals surface area (Å²) in [5, 5.41) is 89.9. The van der Waals surface area contributed by atoms with Gasteiger partial charge in [0.15, 0.2) is 11.9 Å². The zero-order chi connectivity index (χ0) is 90.0. The quantitative estimate of drug-likeness (QED) is 0.0164. The minimum absolute atomic E-state index is 0.0473. The van der Waals surface area contributed by atoms with Crippen LogP contribution in [0.1, 0.15) is 164 Å². The number of carboxylic acid groups (broad SMARTS) is 4. The van der Waals surface area contributed by atoms with E-state index in [-0.39, 0.29) is 88.0 Å². The van der Waals surface area contributed by atoms with Crippen LogP contribution in [-0.2, 0) is 92.7 Å². The SMILES string of the molecule is CC(C)C[C@H](NC(=O)[C@H](CC(C)C)NC(=O)[C@H](CC(=O)O)NC(=O)[C@@H](N)CCCCN)C(=O)N[C@@H](CCC(=O)O)C(=O)N[C@@H](CCC(N)=O)C(=O)N[C@@H](CCCN=C(N)N)C(=O)N[C@@H](CCCN=C(N)N)C(=O)N[C@@H](C)C(=O)N[C@@H](C)C(=O)N[C@H](C(=O)N[C@@H](CC(=O)O)C(=O)N[C@H](C(=O)N[C@@H](Cc1ccc(O)cc1)C(=O)O)[C@@H](C)O)C(C)C. The molecule has 0 radical (unpaired) electrons. The van der Waals surface area contributed by atoms with Crippen LogP contribution in [0.4, 0.5) is 0 Å². The van der Waals surface area contributed by atoms with Gasteiger partial charge < -0.3 is 140 Å². The van der Waals surface area contributed by atoms with Crippen molar-refractivity contribution in [1.29, 1.82) is 0 Å². The van der Waals surface area contributed by atoms with Crippen molar-refractivity contribution in [3.05, 3.63) is 29.8 Å². The van der Waals surface area contributed by atoms with E-state index in [1.165, 1.54) is 52.0 Å². The highest BCUT2D eigenvalue weighted by Crippen LogP contribution is 2.16. The zero-order valence-corrected chi connectivity index (χ0v) is 67.6. The molecule has 1 rings (SSSR count). The monoisotopic (exact) mass is 1680 g/mol. The fourth-order valence-corrected chi connectivity index (χ4v) is 11.2. The lowest BCUT2D eigenvalue weighted by atomic mass is 9.99. The van der Waals surface area contributed by atoms with Gasteiger partial charge in [0, 0.05) is 32.4 Å². The Kier molecular flexibility index (Phi) is 46.8. The lowest BCUT2D eigenvalue weighted by molar-refractivity contribution is -0.144. The van der Waals surface area contributed by atoms with Crippen molar-refractivity contribution < 1.29 is 117 Å². The topological polar surface area (TPSA) is 792 Å². The van der Waals surface area contributed by atoms with E-state index < -0.39 is 248 Å². The minimum Gasteiger partial charge on any atom is -0.508 e. The molecule has 15 atom stereocenters. The van der Waals surface area contributed by atoms with E-state index in [1.807, 2.05) is 0 Å². The summed E-state index contributed by atoms with van der Waals surface area (Å²) in [5.41, 5.74) is 39.5. The number of carboxylic acids is 4. The number of rotatable bonds is 57. The number of aliphatic imine (C=N–C) groups is 2. The first kappa shape index (κ1) is 104. The number of amides is 14. The molecule has 0 aliphatic carbocycles. The van der Waals surface area contributed by atoms with Crippen molar-refractivity contribution in [3.63, 3.8) is 0 Å². The Bertz CT molecular complexity index is 3670. The van der Waals surface area contributed by atoms with Crippen LogP contribution in [0.3, 0.4) is 0 Å². The molecule has 0 unspecified atom stereocenters. The summed E-state index contributed by atoms with van der Waals surface area (Å²) in [6.45, 7) is 12.9. The number of aliphatic hydroxyl groups is 1. The number of phenolic OH excluding ortho intramolecular Hbond substituents is 1. The van der Waals surface area contributed by atoms with Crippen molar-refractivity contribution in [3.8, 4) is 5.75 Å². The van der Waals surface area contributed by atoms with Gasteiger partial charge in [0.25, 0.3) is 0 Å². The first-order chi connectivity index (χ1) is 55.1. The number of nitrogens with one attached hydrogen (secondary N) is 13. The van der Waals surface area contributed by atoms with Crippen molar-refractivity contribution >= 4 is 118 Å². The van der Waals surface area contributed by atoms with E-state index in [2.05, 4.69) is 79.1 Å². The Hall–Kier alpha value is -12.1. The van der Waals surface area contributed by atoms with Crippen LogP contribution in [0.15, 0.2) is 34.3 Å². The minimum atomic E-state index is -2.00. The Morgan fingerprint density at radius 1 is 0.373 bits per heavy atom. The van der Waals surface area contributed by atoms with Gasteiger partial charge in [-0.05, 0) is 127 Å². The second-order valence-corrected chi connectivity index (χ2v) is 29.4. The highest BCUT2D eigenvalue weighted by Gasteiger charge is 2.39. The van der Waals surface area contributed by atoms with Gasteiger partial charge >= 0.3 is 23.9 Å². The second kappa shape index (κ2) is 53.2. The largest absolute Gasteiger partial charge is 0.508 e. The average Bonchev–Trinajstić information content (AvgIpc) is 0.847. The summed E-state index contributed by atoms with van der Waals surface area (Å²) in [4.78, 5) is 250. The average molecular weight is 1680 g/mol. The standard InChI is InChI=1S/C72H120N22O24/c1-33(2)28-46(89-65(112)47(29-34(3)4)90-66(113)48(31-53(100)101)88-59(106)41(74)14-10-11-25-73)64(111)87-45(22-24-52(98)99)63(110)86-44(21-23-51(75)97)62(109)85-43(16-13-27-81-72(78)79)61(108)84-42(15-12-26-80-71(76)77)60(107)83-36(7)57(104)82-37(8)58(105)93-55(35(5)6)68(115)91-49(32-54(102)103)67(114)94-56(38(9)95)69(116)92-50(70(117)118)30-39-17-19-40(96)20-18-39/h17-20,33-38,41-50,55-56,95-96H,10-16,21-32,73-74H2,1-9H3,(H2,75,97)(H,82,104)(H,83,107)(H,84,108)(H,85,109)(H,86,110)(H,87,111)(H,88,106)(H,89,112)(H,90,113)(H,91,115)(H,92,116)(H,93,105)(H,94,114)(H,98,99)(H,100,101)(H,102,103)(H,117,118)(H4,76,77,80)(H4,78,79,81)/t36-,37-,38+,41-,42-,43-,44-,45-,46-,47-,48-,49-,50-,55-,56-/m0/s1. The van der Waals surface area contributed by atoms with Gasteiger partial charge in [-0.2, -0.15) is 0 Å². The van der Waals surface area contributed by atoms with Crippen molar-refractivity contribution in [2.75, 3.05) is 19.6 Å². The van der Waals surface area contributed by atoms with E-state index in [0.29, 0.717) is 24.9 Å². The molecule has 0 fully saturated rings. The van der Waals surface area contributed by atoms with Crippen LogP contribution in [0.25, 0.3) is 0 Å². The molecule has 46 nitrogen and oxygen atoms in total. The van der Waals surface area contributed by atoms with Gasteiger partial charge in [0.1, 0.15) is 84.3 Å². The second-order valence-electron chi connectivity index (χ2n) is 29.4. The van der Waals surface area contributed by atoms with Crippen molar-refractivity contribution in [2.24, 2.45) is 67.9 Å². The number of aliphatic carboxylic acids is 4. The maximum Gasteiger partial charge on any atom is 0.326 e. The third-order valence-corrected chi connectivity index (χ3v) is 17.6. The van der Waals surface area contributed by atoms with Crippen LogP contribution in [0, 0.1) is 17.8 Å². The number of unbranched alkanes of at least 4 members (excludes halogenated alkanes) is 1. The normalized spacial score (nSPS) is 14.9.